The molecule has 0 radical (unpaired) electrons. The van der Waals surface area contributed by atoms with E-state index in [1.807, 2.05) is 0 Å². The van der Waals surface area contributed by atoms with Gasteiger partial charge in [0.2, 0.25) is 10.0 Å². The summed E-state index contributed by atoms with van der Waals surface area (Å²) in [5.41, 5.74) is -0.455. The first-order valence-electron chi connectivity index (χ1n) is 6.82. The zero-order valence-electron chi connectivity index (χ0n) is 13.4. The quantitative estimate of drug-likeness (QED) is 0.656. The van der Waals surface area contributed by atoms with Crippen LogP contribution in [0.5, 0.6) is 0 Å². The lowest BCUT2D eigenvalue weighted by molar-refractivity contribution is -0.147. The van der Waals surface area contributed by atoms with Crippen LogP contribution in [0.25, 0.3) is 0 Å². The van der Waals surface area contributed by atoms with Gasteiger partial charge in [0.25, 0.3) is 5.91 Å². The number of rotatable bonds is 6. The van der Waals surface area contributed by atoms with Crippen LogP contribution in [-0.4, -0.2) is 39.0 Å². The van der Waals surface area contributed by atoms with Crippen LogP contribution in [0, 0.1) is 0 Å². The molecule has 0 aliphatic heterocycles. The third-order valence-electron chi connectivity index (χ3n) is 2.47. The number of esters is 1. The van der Waals surface area contributed by atoms with Crippen molar-refractivity contribution < 1.29 is 22.7 Å². The molecule has 10 heteroatoms. The summed E-state index contributed by atoms with van der Waals surface area (Å²) in [6.45, 7) is 4.24. The largest absolute Gasteiger partial charge is 0.455 e. The van der Waals surface area contributed by atoms with Crippen LogP contribution in [0.1, 0.15) is 20.8 Å². The van der Waals surface area contributed by atoms with E-state index in [0.29, 0.717) is 4.47 Å². The molecule has 7 nitrogen and oxygen atoms in total. The van der Waals surface area contributed by atoms with E-state index in [-0.39, 0.29) is 9.92 Å². The molecular weight excluding hydrogens is 424 g/mol. The van der Waals surface area contributed by atoms with E-state index in [9.17, 15) is 18.0 Å². The van der Waals surface area contributed by atoms with Gasteiger partial charge in [-0.2, -0.15) is 4.72 Å². The molecule has 134 valence electrons. The van der Waals surface area contributed by atoms with E-state index < -0.39 is 40.6 Å². The van der Waals surface area contributed by atoms with Gasteiger partial charge in [-0.05, 0) is 39.0 Å². The van der Waals surface area contributed by atoms with Crippen LogP contribution >= 0.6 is 27.5 Å². The third-order valence-corrected chi connectivity index (χ3v) is 4.85. The molecule has 0 atom stereocenters. The summed E-state index contributed by atoms with van der Waals surface area (Å²) in [5.74, 6) is -1.36. The Bertz CT molecular complexity index is 731. The van der Waals surface area contributed by atoms with Gasteiger partial charge in [-0.1, -0.05) is 27.5 Å². The monoisotopic (exact) mass is 440 g/mol. The summed E-state index contributed by atoms with van der Waals surface area (Å²) in [5, 5.41) is 2.62. The van der Waals surface area contributed by atoms with E-state index in [2.05, 4.69) is 26.0 Å². The molecule has 0 bridgehead atoms. The van der Waals surface area contributed by atoms with Gasteiger partial charge in [0.15, 0.2) is 6.61 Å². The highest BCUT2D eigenvalue weighted by Crippen LogP contribution is 2.24. The predicted molar refractivity (Wildman–Crippen MR) is 93.2 cm³/mol. The summed E-state index contributed by atoms with van der Waals surface area (Å²) in [6, 6.07) is 4.23. The molecule has 0 aliphatic rings. The van der Waals surface area contributed by atoms with Crippen molar-refractivity contribution in [3.63, 3.8) is 0 Å². The highest BCUT2D eigenvalue weighted by Gasteiger charge is 2.20. The van der Waals surface area contributed by atoms with E-state index in [0.717, 1.165) is 0 Å². The Morgan fingerprint density at radius 3 is 2.46 bits per heavy atom. The zero-order chi connectivity index (χ0) is 18.5. The molecule has 0 aromatic heterocycles. The molecule has 1 rings (SSSR count). The Hall–Kier alpha value is -1.16. The van der Waals surface area contributed by atoms with Crippen LogP contribution in [-0.2, 0) is 24.3 Å². The number of amides is 1. The Morgan fingerprint density at radius 2 is 1.92 bits per heavy atom. The van der Waals surface area contributed by atoms with Gasteiger partial charge < -0.3 is 10.1 Å². The van der Waals surface area contributed by atoms with Crippen molar-refractivity contribution in [2.24, 2.45) is 0 Å². The minimum Gasteiger partial charge on any atom is -0.455 e. The molecule has 0 spiro atoms. The SMILES string of the molecule is CC(C)(C)NC(=O)COC(=O)CNS(=O)(=O)c1ccc(Br)cc1Cl. The average Bonchev–Trinajstić information content (AvgIpc) is 2.40. The van der Waals surface area contributed by atoms with Crippen molar-refractivity contribution in [1.29, 1.82) is 0 Å². The molecule has 1 aromatic carbocycles. The molecule has 0 fully saturated rings. The van der Waals surface area contributed by atoms with Gasteiger partial charge in [0, 0.05) is 10.0 Å². The van der Waals surface area contributed by atoms with Gasteiger partial charge in [0.05, 0.1) is 5.02 Å². The van der Waals surface area contributed by atoms with Crippen molar-refractivity contribution in [3.05, 3.63) is 27.7 Å². The van der Waals surface area contributed by atoms with Crippen molar-refractivity contribution in [2.45, 2.75) is 31.2 Å². The molecule has 24 heavy (non-hydrogen) atoms. The number of carbonyl (C=O) groups excluding carboxylic acids is 2. The maximum Gasteiger partial charge on any atom is 0.321 e. The highest BCUT2D eigenvalue weighted by atomic mass is 79.9. The van der Waals surface area contributed by atoms with Gasteiger partial charge in [0.1, 0.15) is 11.4 Å². The van der Waals surface area contributed by atoms with Crippen LogP contribution < -0.4 is 10.0 Å². The third kappa shape index (κ3) is 7.16. The summed E-state index contributed by atoms with van der Waals surface area (Å²) < 4.78 is 31.6. The summed E-state index contributed by atoms with van der Waals surface area (Å²) in [7, 11) is -3.97. The average molecular weight is 442 g/mol. The van der Waals surface area contributed by atoms with Crippen molar-refractivity contribution in [1.82, 2.24) is 10.0 Å². The standard InChI is InChI=1S/C14H18BrClN2O5S/c1-14(2,3)18-12(19)8-23-13(20)7-17-24(21,22)11-5-4-9(15)6-10(11)16/h4-6,17H,7-8H2,1-3H3,(H,18,19). The number of nitrogens with one attached hydrogen (secondary N) is 2. The van der Waals surface area contributed by atoms with E-state index in [1.165, 1.54) is 18.2 Å². The molecule has 0 saturated heterocycles. The topological polar surface area (TPSA) is 102 Å². The number of hydrogen-bond donors (Lipinski definition) is 2. The highest BCUT2D eigenvalue weighted by molar-refractivity contribution is 9.10. The second kappa shape index (κ2) is 8.28. The molecule has 1 amide bonds. The van der Waals surface area contributed by atoms with E-state index in [1.54, 1.807) is 20.8 Å². The summed E-state index contributed by atoms with van der Waals surface area (Å²) in [6.07, 6.45) is 0. The number of benzene rings is 1. The van der Waals surface area contributed by atoms with E-state index >= 15 is 0 Å². The van der Waals surface area contributed by atoms with Gasteiger partial charge in [-0.15, -0.1) is 0 Å². The predicted octanol–water partition coefficient (Wildman–Crippen LogP) is 1.84. The van der Waals surface area contributed by atoms with Gasteiger partial charge in [-0.3, -0.25) is 9.59 Å². The molecule has 0 heterocycles. The van der Waals surface area contributed by atoms with E-state index in [4.69, 9.17) is 16.3 Å². The first-order valence-corrected chi connectivity index (χ1v) is 9.47. The molecule has 1 aromatic rings. The lowest BCUT2D eigenvalue weighted by atomic mass is 10.1. The second-order valence-corrected chi connectivity index (χ2v) is 8.92. The lowest BCUT2D eigenvalue weighted by Crippen LogP contribution is -2.43. The second-order valence-electron chi connectivity index (χ2n) is 5.86. The molecular formula is C14H18BrClN2O5S. The van der Waals surface area contributed by atoms with Gasteiger partial charge in [-0.25, -0.2) is 8.42 Å². The van der Waals surface area contributed by atoms with Crippen molar-refractivity contribution in [2.75, 3.05) is 13.2 Å². The normalized spacial score (nSPS) is 11.9. The number of carbonyl (C=O) groups is 2. The first-order chi connectivity index (χ1) is 10.9. The smallest absolute Gasteiger partial charge is 0.321 e. The van der Waals surface area contributed by atoms with Crippen molar-refractivity contribution >= 4 is 49.4 Å². The lowest BCUT2D eigenvalue weighted by Gasteiger charge is -2.20. The Balaban J connectivity index is 2.56. The van der Waals surface area contributed by atoms with Crippen LogP contribution in [0.2, 0.25) is 5.02 Å². The van der Waals surface area contributed by atoms with Gasteiger partial charge >= 0.3 is 5.97 Å². The fourth-order valence-corrected chi connectivity index (χ4v) is 3.58. The molecule has 0 unspecified atom stereocenters. The number of sulfonamides is 1. The van der Waals surface area contributed by atoms with Crippen LogP contribution in [0.15, 0.2) is 27.6 Å². The maximum absolute atomic E-state index is 12.1. The zero-order valence-corrected chi connectivity index (χ0v) is 16.5. The Morgan fingerprint density at radius 1 is 1.29 bits per heavy atom. The number of hydrogen-bond acceptors (Lipinski definition) is 5. The minimum absolute atomic E-state index is 0.00907. The fourth-order valence-electron chi connectivity index (χ4n) is 1.58. The molecule has 2 N–H and O–H groups in total. The first kappa shape index (κ1) is 20.9. The maximum atomic E-state index is 12.1. The van der Waals surface area contributed by atoms with Crippen molar-refractivity contribution in [3.8, 4) is 0 Å². The molecule has 0 saturated carbocycles. The Kier molecular flexibility index (Phi) is 7.21. The van der Waals surface area contributed by atoms with Crippen LogP contribution in [0.3, 0.4) is 0 Å². The molecule has 0 aliphatic carbocycles. The number of ether oxygens (including phenoxy) is 1. The minimum atomic E-state index is -3.97. The summed E-state index contributed by atoms with van der Waals surface area (Å²) >= 11 is 9.04. The summed E-state index contributed by atoms with van der Waals surface area (Å²) in [4.78, 5) is 22.9. The fraction of sp³-hybridized carbons (Fsp3) is 0.429. The number of halogens is 2. The van der Waals surface area contributed by atoms with Crippen LogP contribution in [0.4, 0.5) is 0 Å². The Labute approximate surface area is 154 Å².